The summed E-state index contributed by atoms with van der Waals surface area (Å²) in [5.74, 6) is 0.190. The number of anilines is 1. The summed E-state index contributed by atoms with van der Waals surface area (Å²) in [6, 6.07) is 13.2. The molecule has 1 aliphatic heterocycles. The van der Waals surface area contributed by atoms with Crippen LogP contribution in [0.4, 0.5) is 5.69 Å². The summed E-state index contributed by atoms with van der Waals surface area (Å²) in [4.78, 5) is 29.2. The van der Waals surface area contributed by atoms with Crippen LogP contribution in [-0.4, -0.2) is 27.1 Å². The molecule has 2 amide bonds. The van der Waals surface area contributed by atoms with E-state index in [2.05, 4.69) is 15.6 Å². The maximum absolute atomic E-state index is 12.6. The number of imidazole rings is 1. The van der Waals surface area contributed by atoms with Crippen LogP contribution in [0.1, 0.15) is 28.9 Å². The molecule has 7 heteroatoms. The number of hydrogen-bond acceptors (Lipinski definition) is 4. The highest BCUT2D eigenvalue weighted by Crippen LogP contribution is 2.32. The van der Waals surface area contributed by atoms with E-state index in [1.165, 1.54) is 11.8 Å². The van der Waals surface area contributed by atoms with Crippen molar-refractivity contribution in [3.05, 3.63) is 72.3 Å². The van der Waals surface area contributed by atoms with Crippen molar-refractivity contribution in [2.24, 2.45) is 0 Å². The van der Waals surface area contributed by atoms with Crippen molar-refractivity contribution in [2.45, 2.75) is 17.9 Å². The van der Waals surface area contributed by atoms with Crippen LogP contribution in [0.3, 0.4) is 0 Å². The van der Waals surface area contributed by atoms with Gasteiger partial charge in [-0.05, 0) is 42.8 Å². The van der Waals surface area contributed by atoms with E-state index in [-0.39, 0.29) is 17.9 Å². The fourth-order valence-corrected chi connectivity index (χ4v) is 3.72. The molecule has 0 radical (unpaired) electrons. The van der Waals surface area contributed by atoms with Crippen LogP contribution in [0.5, 0.6) is 0 Å². The van der Waals surface area contributed by atoms with Crippen molar-refractivity contribution < 1.29 is 9.59 Å². The lowest BCUT2D eigenvalue weighted by Crippen LogP contribution is -2.27. The SMILES string of the molecule is C[C@H](NC(=O)c1ccc2c(c1)NC(=O)CS2)c1ccc(-n2ccnc2)cc1. The zero-order valence-corrected chi connectivity index (χ0v) is 15.5. The Morgan fingerprint density at radius 3 is 2.81 bits per heavy atom. The summed E-state index contributed by atoms with van der Waals surface area (Å²) in [5, 5.41) is 5.82. The molecule has 0 unspecified atom stereocenters. The largest absolute Gasteiger partial charge is 0.346 e. The zero-order chi connectivity index (χ0) is 18.8. The Labute approximate surface area is 161 Å². The second-order valence-electron chi connectivity index (χ2n) is 6.30. The molecule has 1 aromatic heterocycles. The van der Waals surface area contributed by atoms with Crippen LogP contribution in [0.15, 0.2) is 66.1 Å². The Balaban J connectivity index is 1.46. The first kappa shape index (κ1) is 17.4. The van der Waals surface area contributed by atoms with Crippen LogP contribution in [0, 0.1) is 0 Å². The Kier molecular flexibility index (Phi) is 4.68. The third kappa shape index (κ3) is 3.73. The van der Waals surface area contributed by atoms with E-state index in [4.69, 9.17) is 0 Å². The normalized spacial score (nSPS) is 14.2. The van der Waals surface area contributed by atoms with Gasteiger partial charge in [0.05, 0.1) is 23.8 Å². The van der Waals surface area contributed by atoms with Crippen LogP contribution >= 0.6 is 11.8 Å². The van der Waals surface area contributed by atoms with E-state index in [0.717, 1.165) is 16.1 Å². The number of thioether (sulfide) groups is 1. The van der Waals surface area contributed by atoms with Gasteiger partial charge in [-0.15, -0.1) is 11.8 Å². The Hall–Kier alpha value is -3.06. The maximum Gasteiger partial charge on any atom is 0.251 e. The van der Waals surface area contributed by atoms with Crippen LogP contribution in [-0.2, 0) is 4.79 Å². The standard InChI is InChI=1S/C20H18N4O2S/c1-13(14-2-5-16(6-3-14)24-9-8-21-12-24)22-20(26)15-4-7-18-17(10-15)23-19(25)11-27-18/h2-10,12-13H,11H2,1H3,(H,22,26)(H,23,25)/t13-/m0/s1. The summed E-state index contributed by atoms with van der Waals surface area (Å²) in [5.41, 5.74) is 3.24. The second-order valence-corrected chi connectivity index (χ2v) is 7.32. The number of nitrogens with one attached hydrogen (secondary N) is 2. The minimum atomic E-state index is -0.172. The molecular formula is C20H18N4O2S. The van der Waals surface area contributed by atoms with Crippen molar-refractivity contribution in [2.75, 3.05) is 11.1 Å². The molecular weight excluding hydrogens is 360 g/mol. The Morgan fingerprint density at radius 1 is 1.26 bits per heavy atom. The molecule has 0 bridgehead atoms. The number of rotatable bonds is 4. The van der Waals surface area contributed by atoms with Crippen molar-refractivity contribution >= 4 is 29.3 Å². The summed E-state index contributed by atoms with van der Waals surface area (Å²) >= 11 is 1.48. The quantitative estimate of drug-likeness (QED) is 0.729. The van der Waals surface area contributed by atoms with Gasteiger partial charge in [0, 0.05) is 28.5 Å². The Morgan fingerprint density at radius 2 is 2.07 bits per heavy atom. The molecule has 2 N–H and O–H groups in total. The van der Waals surface area contributed by atoms with E-state index in [0.29, 0.717) is 17.0 Å². The molecule has 0 saturated heterocycles. The highest BCUT2D eigenvalue weighted by Gasteiger charge is 2.18. The van der Waals surface area contributed by atoms with Gasteiger partial charge in [-0.25, -0.2) is 4.98 Å². The first-order valence-corrected chi connectivity index (χ1v) is 9.54. The highest BCUT2D eigenvalue weighted by atomic mass is 32.2. The number of aromatic nitrogens is 2. The number of carbonyl (C=O) groups is 2. The fraction of sp³-hybridized carbons (Fsp3) is 0.150. The Bertz CT molecular complexity index is 984. The number of nitrogens with zero attached hydrogens (tertiary/aromatic N) is 2. The minimum Gasteiger partial charge on any atom is -0.346 e. The van der Waals surface area contributed by atoms with E-state index in [9.17, 15) is 9.59 Å². The molecule has 136 valence electrons. The number of amides is 2. The number of fused-ring (bicyclic) bond motifs is 1. The molecule has 4 rings (SSSR count). The van der Waals surface area contributed by atoms with Gasteiger partial charge in [-0.3, -0.25) is 9.59 Å². The molecule has 0 aliphatic carbocycles. The van der Waals surface area contributed by atoms with E-state index in [1.54, 1.807) is 24.7 Å². The molecule has 3 aromatic rings. The molecule has 1 atom stereocenters. The third-order valence-electron chi connectivity index (χ3n) is 4.42. The van der Waals surface area contributed by atoms with Crippen molar-refractivity contribution in [3.8, 4) is 5.69 Å². The van der Waals surface area contributed by atoms with Gasteiger partial charge in [-0.2, -0.15) is 0 Å². The average molecular weight is 378 g/mol. The second kappa shape index (κ2) is 7.28. The van der Waals surface area contributed by atoms with Gasteiger partial charge in [0.1, 0.15) is 0 Å². The summed E-state index contributed by atoms with van der Waals surface area (Å²) in [6.45, 7) is 1.94. The van der Waals surface area contributed by atoms with E-state index >= 15 is 0 Å². The number of hydrogen-bond donors (Lipinski definition) is 2. The fourth-order valence-electron chi connectivity index (χ4n) is 2.93. The molecule has 0 fully saturated rings. The van der Waals surface area contributed by atoms with Gasteiger partial charge < -0.3 is 15.2 Å². The molecule has 2 aromatic carbocycles. The lowest BCUT2D eigenvalue weighted by molar-refractivity contribution is -0.113. The topological polar surface area (TPSA) is 76.0 Å². The summed E-state index contributed by atoms with van der Waals surface area (Å²) in [6.07, 6.45) is 5.36. The van der Waals surface area contributed by atoms with E-state index < -0.39 is 0 Å². The smallest absolute Gasteiger partial charge is 0.251 e. The molecule has 0 spiro atoms. The minimum absolute atomic E-state index is 0.0450. The predicted molar refractivity (Wildman–Crippen MR) is 105 cm³/mol. The van der Waals surface area contributed by atoms with Crippen LogP contribution < -0.4 is 10.6 Å². The first-order valence-electron chi connectivity index (χ1n) is 8.56. The number of benzene rings is 2. The van der Waals surface area contributed by atoms with Crippen molar-refractivity contribution in [1.29, 1.82) is 0 Å². The molecule has 0 saturated carbocycles. The lowest BCUT2D eigenvalue weighted by atomic mass is 10.1. The molecule has 27 heavy (non-hydrogen) atoms. The zero-order valence-electron chi connectivity index (χ0n) is 14.7. The van der Waals surface area contributed by atoms with Gasteiger partial charge in [-0.1, -0.05) is 12.1 Å². The molecule has 1 aliphatic rings. The highest BCUT2D eigenvalue weighted by molar-refractivity contribution is 8.00. The lowest BCUT2D eigenvalue weighted by Gasteiger charge is -2.18. The van der Waals surface area contributed by atoms with Gasteiger partial charge in [0.15, 0.2) is 0 Å². The number of carbonyl (C=O) groups excluding carboxylic acids is 2. The summed E-state index contributed by atoms with van der Waals surface area (Å²) < 4.78 is 1.92. The monoisotopic (exact) mass is 378 g/mol. The maximum atomic E-state index is 12.6. The van der Waals surface area contributed by atoms with Crippen molar-refractivity contribution in [3.63, 3.8) is 0 Å². The van der Waals surface area contributed by atoms with Crippen LogP contribution in [0.25, 0.3) is 5.69 Å². The molecule has 2 heterocycles. The van der Waals surface area contributed by atoms with E-state index in [1.807, 2.05) is 48.0 Å². The predicted octanol–water partition coefficient (Wildman–Crippen LogP) is 3.41. The average Bonchev–Trinajstić information content (AvgIpc) is 3.22. The van der Waals surface area contributed by atoms with Gasteiger partial charge in [0.25, 0.3) is 5.91 Å². The summed E-state index contributed by atoms with van der Waals surface area (Å²) in [7, 11) is 0. The van der Waals surface area contributed by atoms with Gasteiger partial charge >= 0.3 is 0 Å². The first-order chi connectivity index (χ1) is 13.1. The third-order valence-corrected chi connectivity index (χ3v) is 5.49. The van der Waals surface area contributed by atoms with Gasteiger partial charge in [0.2, 0.25) is 5.91 Å². The van der Waals surface area contributed by atoms with Crippen molar-refractivity contribution in [1.82, 2.24) is 14.9 Å². The molecule has 6 nitrogen and oxygen atoms in total. The van der Waals surface area contributed by atoms with Crippen LogP contribution in [0.2, 0.25) is 0 Å².